The Morgan fingerprint density at radius 2 is 1.06 bits per heavy atom. The van der Waals surface area contributed by atoms with Crippen molar-refractivity contribution in [2.45, 2.75) is 0 Å². The van der Waals surface area contributed by atoms with Gasteiger partial charge in [0.25, 0.3) is 0 Å². The van der Waals surface area contributed by atoms with Crippen LogP contribution in [0.15, 0.2) is 180 Å². The Morgan fingerprint density at radius 3 is 1.82 bits per heavy atom. The Kier molecular flexibility index (Phi) is 4.86. The molecule has 0 aliphatic heterocycles. The van der Waals surface area contributed by atoms with Crippen LogP contribution in [0.1, 0.15) is 11.0 Å². The molecule has 0 bridgehead atoms. The van der Waals surface area contributed by atoms with Crippen molar-refractivity contribution in [1.82, 2.24) is 14.5 Å². The van der Waals surface area contributed by atoms with E-state index in [2.05, 4.69) is 70.6 Å². The third-order valence-corrected chi connectivity index (χ3v) is 9.18. The zero-order valence-electron chi connectivity index (χ0n) is 34.4. The van der Waals surface area contributed by atoms with Crippen LogP contribution in [0.25, 0.3) is 94.2 Å². The fourth-order valence-electron chi connectivity index (χ4n) is 6.80. The monoisotopic (exact) mass is 647 g/mol. The van der Waals surface area contributed by atoms with Gasteiger partial charge in [-0.25, -0.2) is 9.97 Å². The number of hydrogen-bond donors (Lipinski definition) is 0. The summed E-state index contributed by atoms with van der Waals surface area (Å²) < 4.78 is 76.9. The smallest absolute Gasteiger partial charge is 0.180 e. The minimum absolute atomic E-state index is 0.0161. The summed E-state index contributed by atoms with van der Waals surface area (Å²) in [6.07, 6.45) is 1.47. The van der Waals surface area contributed by atoms with E-state index < -0.39 is 24.2 Å². The van der Waals surface area contributed by atoms with Crippen LogP contribution in [-0.2, 0) is 0 Å². The van der Waals surface area contributed by atoms with E-state index in [-0.39, 0.29) is 46.0 Å². The predicted octanol–water partition coefficient (Wildman–Crippen LogP) is 12.1. The van der Waals surface area contributed by atoms with Crippen LogP contribution in [0.4, 0.5) is 0 Å². The summed E-state index contributed by atoms with van der Waals surface area (Å²) in [7, 11) is 0. The van der Waals surface area contributed by atoms with Crippen molar-refractivity contribution in [3.8, 4) is 50.3 Å². The molecule has 0 aliphatic rings. The van der Waals surface area contributed by atoms with E-state index >= 15 is 0 Å². The van der Waals surface area contributed by atoms with Gasteiger partial charge in [-0.05, 0) is 75.8 Å². The van der Waals surface area contributed by atoms with E-state index in [1.54, 1.807) is 18.2 Å². The van der Waals surface area contributed by atoms with E-state index in [1.165, 1.54) is 16.5 Å². The van der Waals surface area contributed by atoms with Crippen LogP contribution in [0, 0.1) is 0 Å². The molecule has 0 saturated carbocycles. The fraction of sp³-hybridized carbons (Fsp3) is 0. The van der Waals surface area contributed by atoms with Crippen molar-refractivity contribution in [3.05, 3.63) is 176 Å². The highest BCUT2D eigenvalue weighted by Gasteiger charge is 2.18. The highest BCUT2D eigenvalue weighted by atomic mass is 16.3. The summed E-state index contributed by atoms with van der Waals surface area (Å²) in [6, 6.07) is 36.9. The summed E-state index contributed by atoms with van der Waals surface area (Å²) in [5.74, 6) is 0. The van der Waals surface area contributed by atoms with Crippen molar-refractivity contribution >= 4 is 43.9 Å². The normalized spacial score (nSPS) is 13.8. The van der Waals surface area contributed by atoms with Crippen molar-refractivity contribution in [2.24, 2.45) is 0 Å². The van der Waals surface area contributed by atoms with Crippen molar-refractivity contribution < 1.29 is 15.4 Å². The molecule has 50 heavy (non-hydrogen) atoms. The van der Waals surface area contributed by atoms with Gasteiger partial charge in [0.15, 0.2) is 5.58 Å². The van der Waals surface area contributed by atoms with Gasteiger partial charge in [0.2, 0.25) is 0 Å². The topological polar surface area (TPSA) is 43.9 Å². The first kappa shape index (κ1) is 21.2. The summed E-state index contributed by atoms with van der Waals surface area (Å²) >= 11 is 0. The van der Waals surface area contributed by atoms with Crippen LogP contribution in [0.2, 0.25) is 0 Å². The average molecular weight is 648 g/mol. The summed E-state index contributed by atoms with van der Waals surface area (Å²) in [6.45, 7) is 0. The number of rotatable bonds is 5. The Morgan fingerprint density at radius 1 is 0.480 bits per heavy atom. The quantitative estimate of drug-likeness (QED) is 0.187. The molecule has 10 rings (SSSR count). The largest absolute Gasteiger partial charge is 0.452 e. The first-order chi connectivity index (χ1) is 28.1. The molecule has 4 heteroatoms. The maximum Gasteiger partial charge on any atom is 0.180 e. The number of nitrogens with zero attached hydrogens (tertiary/aromatic N) is 3. The number of aromatic nitrogens is 3. The number of benzene rings is 7. The molecule has 0 aliphatic carbocycles. The van der Waals surface area contributed by atoms with Gasteiger partial charge < -0.3 is 8.98 Å². The minimum Gasteiger partial charge on any atom is -0.452 e. The van der Waals surface area contributed by atoms with Crippen LogP contribution < -0.4 is 0 Å². The molecule has 0 saturated heterocycles. The van der Waals surface area contributed by atoms with Crippen molar-refractivity contribution in [2.75, 3.05) is 0 Å². The van der Waals surface area contributed by atoms with E-state index in [4.69, 9.17) is 15.4 Å². The third-order valence-electron chi connectivity index (χ3n) is 9.18. The van der Waals surface area contributed by atoms with E-state index in [0.717, 1.165) is 33.2 Å². The van der Waals surface area contributed by atoms with Crippen LogP contribution in [0.5, 0.6) is 0 Å². The van der Waals surface area contributed by atoms with E-state index in [1.807, 2.05) is 42.5 Å². The van der Waals surface area contributed by atoms with Gasteiger partial charge in [0, 0.05) is 27.4 Å². The Balaban J connectivity index is 1.08. The van der Waals surface area contributed by atoms with E-state index in [9.17, 15) is 0 Å². The van der Waals surface area contributed by atoms with Gasteiger partial charge in [-0.15, -0.1) is 0 Å². The lowest BCUT2D eigenvalue weighted by Crippen LogP contribution is -1.95. The molecule has 0 radical (unpaired) electrons. The molecule has 0 unspecified atom stereocenters. The molecule has 3 aromatic heterocycles. The summed E-state index contributed by atoms with van der Waals surface area (Å²) in [5.41, 5.74) is 9.81. The van der Waals surface area contributed by atoms with Crippen LogP contribution in [-0.4, -0.2) is 14.5 Å². The van der Waals surface area contributed by atoms with Gasteiger partial charge in [0.05, 0.1) is 22.0 Å². The lowest BCUT2D eigenvalue weighted by Gasteiger charge is -2.10. The molecular formula is C46H29N3O. The van der Waals surface area contributed by atoms with Gasteiger partial charge in [0.1, 0.15) is 23.1 Å². The summed E-state index contributed by atoms with van der Waals surface area (Å²) in [4.78, 5) is 9.27. The maximum absolute atomic E-state index is 8.89. The Bertz CT molecular complexity index is 3250. The third kappa shape index (κ3) is 4.61. The lowest BCUT2D eigenvalue weighted by molar-refractivity contribution is 0.667. The maximum atomic E-state index is 8.89. The Labute approximate surface area is 299 Å². The molecule has 0 amide bonds. The zero-order chi connectivity index (χ0) is 40.0. The second kappa shape index (κ2) is 11.4. The summed E-state index contributed by atoms with van der Waals surface area (Å²) in [5, 5.41) is 0.837. The molecule has 0 atom stereocenters. The lowest BCUT2D eigenvalue weighted by atomic mass is 9.96. The molecule has 10 aromatic rings. The first-order valence-corrected chi connectivity index (χ1v) is 16.2. The van der Waals surface area contributed by atoms with Gasteiger partial charge in [-0.3, -0.25) is 0 Å². The molecular weight excluding hydrogens is 611 g/mol. The molecule has 7 aromatic carbocycles. The Hall–Kier alpha value is -6.78. The van der Waals surface area contributed by atoms with E-state index in [0.29, 0.717) is 33.6 Å². The molecule has 3 heterocycles. The van der Waals surface area contributed by atoms with Crippen LogP contribution in [0.3, 0.4) is 0 Å². The number of fused-ring (bicyclic) bond motifs is 6. The standard InChI is InChI=1S/C46H29N3O/c1-2-10-30(11-3-1)31-20-22-32(23-21-31)33-12-8-13-34(26-33)35-24-25-43-40(28-35)45-46(50-43)44(47-29-48-45)36-14-9-15-37(27-36)49-41-18-6-4-16-38(41)39-17-5-7-19-42(39)49/h1-29H/i4D,5D,6D,7D,16D,17D,18D,19D. The molecule has 234 valence electrons. The second-order valence-electron chi connectivity index (χ2n) is 12.1. The highest BCUT2D eigenvalue weighted by Crippen LogP contribution is 2.38. The van der Waals surface area contributed by atoms with Gasteiger partial charge >= 0.3 is 0 Å². The SMILES string of the molecule is [2H]c1c([2H])c([2H])c2c(c1[2H])c1c([2H])c([2H])c([2H])c([2H])c1n2-c1cccc(-c2ncnc3c2oc2ccc(-c4cccc(-c5ccc(-c6ccccc6)cc5)c4)cc23)c1. The number of furan rings is 1. The first-order valence-electron chi connectivity index (χ1n) is 20.2. The van der Waals surface area contributed by atoms with Crippen molar-refractivity contribution in [1.29, 1.82) is 0 Å². The number of para-hydroxylation sites is 2. The minimum atomic E-state index is -0.490. The average Bonchev–Trinajstić information content (AvgIpc) is 3.83. The molecule has 4 nitrogen and oxygen atoms in total. The predicted molar refractivity (Wildman–Crippen MR) is 205 cm³/mol. The van der Waals surface area contributed by atoms with Gasteiger partial charge in [-0.2, -0.15) is 0 Å². The van der Waals surface area contributed by atoms with Crippen LogP contribution >= 0.6 is 0 Å². The molecule has 0 spiro atoms. The second-order valence-corrected chi connectivity index (χ2v) is 12.1. The van der Waals surface area contributed by atoms with Gasteiger partial charge in [-0.1, -0.05) is 127 Å². The molecule has 0 fully saturated rings. The fourth-order valence-corrected chi connectivity index (χ4v) is 6.80. The van der Waals surface area contributed by atoms with Crippen molar-refractivity contribution in [3.63, 3.8) is 0 Å². The number of hydrogen-bond acceptors (Lipinski definition) is 3. The molecule has 0 N–H and O–H groups in total. The highest BCUT2D eigenvalue weighted by molar-refractivity contribution is 6.10. The zero-order valence-corrected chi connectivity index (χ0v) is 26.4.